The molecule has 14 heavy (non-hydrogen) atoms. The van der Waals surface area contributed by atoms with Gasteiger partial charge in [0, 0.05) is 6.54 Å². The SMILES string of the molecule is NCC(Sc1ncco1)c1ccsc1. The molecule has 0 fully saturated rings. The van der Waals surface area contributed by atoms with Crippen molar-refractivity contribution in [2.75, 3.05) is 6.54 Å². The highest BCUT2D eigenvalue weighted by Crippen LogP contribution is 2.34. The van der Waals surface area contributed by atoms with E-state index in [1.165, 1.54) is 5.56 Å². The molecule has 2 aromatic heterocycles. The largest absolute Gasteiger partial charge is 0.440 e. The van der Waals surface area contributed by atoms with Crippen LogP contribution in [-0.4, -0.2) is 11.5 Å². The molecule has 0 aliphatic heterocycles. The highest BCUT2D eigenvalue weighted by molar-refractivity contribution is 7.99. The van der Waals surface area contributed by atoms with Crippen LogP contribution in [0.2, 0.25) is 0 Å². The maximum atomic E-state index is 5.69. The van der Waals surface area contributed by atoms with Crippen LogP contribution in [0.4, 0.5) is 0 Å². The number of oxazole rings is 1. The van der Waals surface area contributed by atoms with Crippen LogP contribution in [0.15, 0.2) is 38.9 Å². The van der Waals surface area contributed by atoms with Gasteiger partial charge in [0.1, 0.15) is 6.26 Å². The summed E-state index contributed by atoms with van der Waals surface area (Å²) < 4.78 is 5.16. The second-order valence-electron chi connectivity index (χ2n) is 2.70. The summed E-state index contributed by atoms with van der Waals surface area (Å²) in [4.78, 5) is 4.06. The lowest BCUT2D eigenvalue weighted by Gasteiger charge is -2.09. The molecule has 2 heterocycles. The van der Waals surface area contributed by atoms with Crippen molar-refractivity contribution in [1.29, 1.82) is 0 Å². The Kier molecular flexibility index (Phi) is 3.23. The number of nitrogens with two attached hydrogens (primary N) is 1. The first kappa shape index (κ1) is 9.76. The van der Waals surface area contributed by atoms with Gasteiger partial charge < -0.3 is 10.2 Å². The van der Waals surface area contributed by atoms with E-state index in [4.69, 9.17) is 10.2 Å². The number of rotatable bonds is 4. The minimum atomic E-state index is 0.236. The molecule has 1 unspecified atom stereocenters. The van der Waals surface area contributed by atoms with E-state index in [1.54, 1.807) is 35.6 Å². The summed E-state index contributed by atoms with van der Waals surface area (Å²) in [6, 6.07) is 2.08. The molecule has 5 heteroatoms. The molecule has 2 aromatic rings. The van der Waals surface area contributed by atoms with Gasteiger partial charge in [-0.3, -0.25) is 0 Å². The third kappa shape index (κ3) is 2.17. The first-order chi connectivity index (χ1) is 6.90. The molecule has 0 aliphatic rings. The molecule has 0 saturated carbocycles. The molecule has 0 radical (unpaired) electrons. The molecule has 1 atom stereocenters. The summed E-state index contributed by atoms with van der Waals surface area (Å²) in [7, 11) is 0. The molecule has 2 N–H and O–H groups in total. The molecule has 3 nitrogen and oxygen atoms in total. The predicted molar refractivity (Wildman–Crippen MR) is 58.5 cm³/mol. The van der Waals surface area contributed by atoms with Crippen molar-refractivity contribution >= 4 is 23.1 Å². The number of aromatic nitrogens is 1. The van der Waals surface area contributed by atoms with Gasteiger partial charge in [0.15, 0.2) is 0 Å². The molecular weight excluding hydrogens is 216 g/mol. The van der Waals surface area contributed by atoms with Gasteiger partial charge >= 0.3 is 0 Å². The third-order valence-electron chi connectivity index (χ3n) is 1.78. The number of hydrogen-bond donors (Lipinski definition) is 1. The van der Waals surface area contributed by atoms with Crippen LogP contribution in [0.3, 0.4) is 0 Å². The zero-order valence-electron chi connectivity index (χ0n) is 7.42. The van der Waals surface area contributed by atoms with E-state index >= 15 is 0 Å². The van der Waals surface area contributed by atoms with Crippen LogP contribution >= 0.6 is 23.1 Å². The standard InChI is InChI=1S/C9H10N2OS2/c10-5-8(7-1-4-13-6-7)14-9-11-2-3-12-9/h1-4,6,8H,5,10H2. The van der Waals surface area contributed by atoms with E-state index in [-0.39, 0.29) is 5.25 Å². The molecule has 0 saturated heterocycles. The van der Waals surface area contributed by atoms with Crippen molar-refractivity contribution in [1.82, 2.24) is 4.98 Å². The van der Waals surface area contributed by atoms with Gasteiger partial charge in [0.05, 0.1) is 11.4 Å². The van der Waals surface area contributed by atoms with Crippen molar-refractivity contribution in [3.05, 3.63) is 34.8 Å². The van der Waals surface area contributed by atoms with Gasteiger partial charge in [-0.1, -0.05) is 11.8 Å². The average Bonchev–Trinajstić information content (AvgIpc) is 2.86. The first-order valence-electron chi connectivity index (χ1n) is 4.18. The summed E-state index contributed by atoms with van der Waals surface area (Å²) in [6.45, 7) is 0.587. The van der Waals surface area contributed by atoms with E-state index in [0.29, 0.717) is 11.8 Å². The van der Waals surface area contributed by atoms with Crippen molar-refractivity contribution in [2.45, 2.75) is 10.5 Å². The minimum Gasteiger partial charge on any atom is -0.440 e. The minimum absolute atomic E-state index is 0.236. The van der Waals surface area contributed by atoms with Crippen LogP contribution in [0.25, 0.3) is 0 Å². The average molecular weight is 226 g/mol. The van der Waals surface area contributed by atoms with E-state index in [0.717, 1.165) is 0 Å². The van der Waals surface area contributed by atoms with E-state index < -0.39 is 0 Å². The van der Waals surface area contributed by atoms with Gasteiger partial charge in [-0.15, -0.1) is 0 Å². The molecule has 74 valence electrons. The summed E-state index contributed by atoms with van der Waals surface area (Å²) in [5.41, 5.74) is 6.93. The molecular formula is C9H10N2OS2. The van der Waals surface area contributed by atoms with Crippen molar-refractivity contribution < 1.29 is 4.42 Å². The summed E-state index contributed by atoms with van der Waals surface area (Å²) in [5, 5.41) is 5.06. The van der Waals surface area contributed by atoms with Gasteiger partial charge in [-0.2, -0.15) is 11.3 Å². The lowest BCUT2D eigenvalue weighted by Crippen LogP contribution is -2.08. The summed E-state index contributed by atoms with van der Waals surface area (Å²) >= 11 is 3.23. The van der Waals surface area contributed by atoms with Crippen molar-refractivity contribution in [3.63, 3.8) is 0 Å². The Bertz CT molecular complexity index is 358. The fraction of sp³-hybridized carbons (Fsp3) is 0.222. The molecule has 0 aliphatic carbocycles. The highest BCUT2D eigenvalue weighted by atomic mass is 32.2. The molecule has 0 amide bonds. The second kappa shape index (κ2) is 4.63. The van der Waals surface area contributed by atoms with E-state index in [2.05, 4.69) is 16.4 Å². The molecule has 0 spiro atoms. The summed E-state index contributed by atoms with van der Waals surface area (Å²) in [5.74, 6) is 0. The third-order valence-corrected chi connectivity index (χ3v) is 3.64. The van der Waals surface area contributed by atoms with Gasteiger partial charge in [0.25, 0.3) is 5.22 Å². The fourth-order valence-electron chi connectivity index (χ4n) is 1.10. The highest BCUT2D eigenvalue weighted by Gasteiger charge is 2.13. The Morgan fingerprint density at radius 1 is 1.64 bits per heavy atom. The lowest BCUT2D eigenvalue weighted by atomic mass is 10.2. The van der Waals surface area contributed by atoms with E-state index in [1.807, 2.05) is 5.38 Å². The molecule has 0 aromatic carbocycles. The van der Waals surface area contributed by atoms with Crippen molar-refractivity contribution in [3.8, 4) is 0 Å². The van der Waals surface area contributed by atoms with Crippen LogP contribution in [-0.2, 0) is 0 Å². The Morgan fingerprint density at radius 3 is 3.14 bits per heavy atom. The fourth-order valence-corrected chi connectivity index (χ4v) is 2.76. The van der Waals surface area contributed by atoms with E-state index in [9.17, 15) is 0 Å². The topological polar surface area (TPSA) is 52.0 Å². The molecule has 2 rings (SSSR count). The molecule has 0 bridgehead atoms. The maximum absolute atomic E-state index is 5.69. The number of nitrogens with zero attached hydrogens (tertiary/aromatic N) is 1. The zero-order chi connectivity index (χ0) is 9.80. The normalized spacial score (nSPS) is 12.9. The monoisotopic (exact) mass is 226 g/mol. The Balaban J connectivity index is 2.08. The van der Waals surface area contributed by atoms with Gasteiger partial charge in [-0.25, -0.2) is 4.98 Å². The van der Waals surface area contributed by atoms with Crippen LogP contribution < -0.4 is 5.73 Å². The Morgan fingerprint density at radius 2 is 2.57 bits per heavy atom. The number of thiophene rings is 1. The Labute approximate surface area is 90.3 Å². The smallest absolute Gasteiger partial charge is 0.256 e. The quantitative estimate of drug-likeness (QED) is 0.814. The van der Waals surface area contributed by atoms with Gasteiger partial charge in [0.2, 0.25) is 0 Å². The maximum Gasteiger partial charge on any atom is 0.256 e. The number of thioether (sulfide) groups is 1. The van der Waals surface area contributed by atoms with Crippen LogP contribution in [0, 0.1) is 0 Å². The van der Waals surface area contributed by atoms with Crippen molar-refractivity contribution in [2.24, 2.45) is 5.73 Å². The van der Waals surface area contributed by atoms with Gasteiger partial charge in [-0.05, 0) is 22.4 Å². The zero-order valence-corrected chi connectivity index (χ0v) is 9.05. The summed E-state index contributed by atoms with van der Waals surface area (Å²) in [6.07, 6.45) is 3.22. The number of hydrogen-bond acceptors (Lipinski definition) is 5. The first-order valence-corrected chi connectivity index (χ1v) is 6.00. The lowest BCUT2D eigenvalue weighted by molar-refractivity contribution is 0.453. The predicted octanol–water partition coefficient (Wildman–Crippen LogP) is 2.53. The Hall–Kier alpha value is -0.780. The van der Waals surface area contributed by atoms with Crippen LogP contribution in [0.5, 0.6) is 0 Å². The van der Waals surface area contributed by atoms with Crippen LogP contribution in [0.1, 0.15) is 10.8 Å². The second-order valence-corrected chi connectivity index (χ2v) is 4.63.